The van der Waals surface area contributed by atoms with Crippen molar-refractivity contribution in [3.05, 3.63) is 35.4 Å². The third kappa shape index (κ3) is 3.84. The Kier molecular flexibility index (Phi) is 5.12. The Morgan fingerprint density at radius 1 is 1.35 bits per heavy atom. The first-order chi connectivity index (χ1) is 8.06. The van der Waals surface area contributed by atoms with Gasteiger partial charge in [0.2, 0.25) is 0 Å². The van der Waals surface area contributed by atoms with Gasteiger partial charge in [-0.15, -0.1) is 0 Å². The molecule has 0 saturated heterocycles. The molecule has 4 nitrogen and oxygen atoms in total. The fraction of sp³-hybridized carbons (Fsp3) is 0.462. The topological polar surface area (TPSA) is 66.8 Å². The highest BCUT2D eigenvalue weighted by Gasteiger charge is 2.22. The Morgan fingerprint density at radius 3 is 2.59 bits per heavy atom. The molecule has 0 heterocycles. The number of carbonyl (C=O) groups excluding carboxylic acids is 1. The lowest BCUT2D eigenvalue weighted by atomic mass is 9.98. The van der Waals surface area contributed by atoms with Crippen molar-refractivity contribution in [1.29, 1.82) is 0 Å². The molecule has 0 spiro atoms. The van der Waals surface area contributed by atoms with Crippen molar-refractivity contribution in [2.24, 2.45) is 0 Å². The Bertz CT molecular complexity index is 375. The van der Waals surface area contributed by atoms with Gasteiger partial charge in [0.1, 0.15) is 6.10 Å². The summed E-state index contributed by atoms with van der Waals surface area (Å²) in [5, 5.41) is 19.7. The second-order valence-electron chi connectivity index (χ2n) is 3.88. The van der Waals surface area contributed by atoms with E-state index < -0.39 is 18.2 Å². The Morgan fingerprint density at radius 2 is 2.00 bits per heavy atom. The van der Waals surface area contributed by atoms with Crippen molar-refractivity contribution >= 4 is 5.97 Å². The van der Waals surface area contributed by atoms with E-state index in [1.807, 2.05) is 19.1 Å². The van der Waals surface area contributed by atoms with Crippen molar-refractivity contribution in [3.8, 4) is 0 Å². The highest BCUT2D eigenvalue weighted by molar-refractivity contribution is 5.70. The first kappa shape index (κ1) is 13.7. The van der Waals surface area contributed by atoms with Gasteiger partial charge in [0.25, 0.3) is 0 Å². The zero-order chi connectivity index (χ0) is 12.8. The zero-order valence-electron chi connectivity index (χ0n) is 10.1. The molecule has 2 N–H and O–H groups in total. The number of carbonyl (C=O) groups is 1. The summed E-state index contributed by atoms with van der Waals surface area (Å²) < 4.78 is 4.72. The lowest BCUT2D eigenvalue weighted by molar-refractivity contribution is -0.147. The van der Waals surface area contributed by atoms with Crippen LogP contribution in [-0.2, 0) is 9.53 Å². The van der Waals surface area contributed by atoms with Crippen molar-refractivity contribution < 1.29 is 19.7 Å². The molecular weight excluding hydrogens is 220 g/mol. The molecule has 0 amide bonds. The highest BCUT2D eigenvalue weighted by atomic mass is 16.5. The van der Waals surface area contributed by atoms with Crippen LogP contribution in [0.1, 0.15) is 30.6 Å². The third-order valence-corrected chi connectivity index (χ3v) is 2.55. The van der Waals surface area contributed by atoms with E-state index in [-0.39, 0.29) is 13.0 Å². The van der Waals surface area contributed by atoms with E-state index in [0.29, 0.717) is 5.56 Å². The van der Waals surface area contributed by atoms with Crippen LogP contribution in [0.3, 0.4) is 0 Å². The van der Waals surface area contributed by atoms with Crippen LogP contribution in [0.25, 0.3) is 0 Å². The van der Waals surface area contributed by atoms with Crippen LogP contribution in [0, 0.1) is 6.92 Å². The SMILES string of the molecule is CCOC(=O)CC(O)C(O)c1ccccc1C. The maximum absolute atomic E-state index is 11.2. The summed E-state index contributed by atoms with van der Waals surface area (Å²) >= 11 is 0. The van der Waals surface area contributed by atoms with Gasteiger partial charge in [-0.1, -0.05) is 24.3 Å². The predicted molar refractivity (Wildman–Crippen MR) is 63.4 cm³/mol. The van der Waals surface area contributed by atoms with Gasteiger partial charge < -0.3 is 14.9 Å². The molecule has 2 unspecified atom stereocenters. The average Bonchev–Trinajstić information content (AvgIpc) is 2.29. The van der Waals surface area contributed by atoms with Crippen LogP contribution in [0.5, 0.6) is 0 Å². The zero-order valence-corrected chi connectivity index (χ0v) is 10.1. The summed E-state index contributed by atoms with van der Waals surface area (Å²) in [7, 11) is 0. The summed E-state index contributed by atoms with van der Waals surface area (Å²) in [6.45, 7) is 3.81. The minimum Gasteiger partial charge on any atom is -0.466 e. The lowest BCUT2D eigenvalue weighted by Gasteiger charge is -2.19. The minimum atomic E-state index is -1.14. The van der Waals surface area contributed by atoms with E-state index in [0.717, 1.165) is 5.56 Å². The second-order valence-corrected chi connectivity index (χ2v) is 3.88. The maximum atomic E-state index is 11.2. The van der Waals surface area contributed by atoms with Crippen LogP contribution in [0.4, 0.5) is 0 Å². The second kappa shape index (κ2) is 6.37. The quantitative estimate of drug-likeness (QED) is 0.760. The number of ether oxygens (including phenoxy) is 1. The van der Waals surface area contributed by atoms with Crippen LogP contribution >= 0.6 is 0 Å². The standard InChI is InChI=1S/C13H18O4/c1-3-17-12(15)8-11(14)13(16)10-7-5-4-6-9(10)2/h4-7,11,13-14,16H,3,8H2,1-2H3. The van der Waals surface area contributed by atoms with Gasteiger partial charge in [0, 0.05) is 0 Å². The number of aliphatic hydroxyl groups is 2. The summed E-state index contributed by atoms with van der Waals surface area (Å²) in [6.07, 6.45) is -2.42. The largest absolute Gasteiger partial charge is 0.466 e. The molecule has 0 aromatic heterocycles. The number of aliphatic hydroxyl groups excluding tert-OH is 2. The molecule has 0 bridgehead atoms. The van der Waals surface area contributed by atoms with Gasteiger partial charge in [0.05, 0.1) is 19.1 Å². The number of hydrogen-bond acceptors (Lipinski definition) is 4. The molecule has 0 aliphatic heterocycles. The molecule has 17 heavy (non-hydrogen) atoms. The molecule has 0 saturated carbocycles. The van der Waals surface area contributed by atoms with Crippen LogP contribution < -0.4 is 0 Å². The van der Waals surface area contributed by atoms with Crippen LogP contribution in [0.15, 0.2) is 24.3 Å². The normalized spacial score (nSPS) is 14.1. The Hall–Kier alpha value is -1.39. The molecule has 0 radical (unpaired) electrons. The van der Waals surface area contributed by atoms with E-state index in [9.17, 15) is 15.0 Å². The summed E-state index contributed by atoms with van der Waals surface area (Å²) in [4.78, 5) is 11.2. The first-order valence-electron chi connectivity index (χ1n) is 5.63. The summed E-state index contributed by atoms with van der Waals surface area (Å²) in [5.74, 6) is -0.507. The monoisotopic (exact) mass is 238 g/mol. The van der Waals surface area contributed by atoms with Crippen molar-refractivity contribution in [2.75, 3.05) is 6.61 Å². The molecule has 1 aromatic carbocycles. The van der Waals surface area contributed by atoms with Crippen molar-refractivity contribution in [2.45, 2.75) is 32.5 Å². The predicted octanol–water partition coefficient (Wildman–Crippen LogP) is 1.34. The van der Waals surface area contributed by atoms with E-state index in [1.165, 1.54) is 0 Å². The van der Waals surface area contributed by atoms with Gasteiger partial charge in [-0.05, 0) is 25.0 Å². The van der Waals surface area contributed by atoms with E-state index in [2.05, 4.69) is 0 Å². The fourth-order valence-electron chi connectivity index (χ4n) is 1.63. The van der Waals surface area contributed by atoms with Crippen LogP contribution in [-0.4, -0.2) is 28.9 Å². The molecule has 2 atom stereocenters. The third-order valence-electron chi connectivity index (χ3n) is 2.55. The summed E-state index contributed by atoms with van der Waals surface area (Å²) in [5.41, 5.74) is 1.51. The molecule has 94 valence electrons. The van der Waals surface area contributed by atoms with Gasteiger partial charge in [-0.2, -0.15) is 0 Å². The number of rotatable bonds is 5. The molecule has 1 rings (SSSR count). The molecule has 4 heteroatoms. The van der Waals surface area contributed by atoms with Gasteiger partial charge in [0.15, 0.2) is 0 Å². The molecule has 1 aromatic rings. The Labute approximate surface area is 101 Å². The van der Waals surface area contributed by atoms with Crippen molar-refractivity contribution in [3.63, 3.8) is 0 Å². The summed E-state index contributed by atoms with van der Waals surface area (Å²) in [6, 6.07) is 7.20. The van der Waals surface area contributed by atoms with E-state index >= 15 is 0 Å². The van der Waals surface area contributed by atoms with Gasteiger partial charge in [-0.3, -0.25) is 4.79 Å². The van der Waals surface area contributed by atoms with Crippen molar-refractivity contribution in [1.82, 2.24) is 0 Å². The van der Waals surface area contributed by atoms with Crippen LogP contribution in [0.2, 0.25) is 0 Å². The highest BCUT2D eigenvalue weighted by Crippen LogP contribution is 2.22. The van der Waals surface area contributed by atoms with E-state index in [1.54, 1.807) is 19.1 Å². The number of esters is 1. The van der Waals surface area contributed by atoms with Gasteiger partial charge in [-0.25, -0.2) is 0 Å². The number of hydrogen-bond donors (Lipinski definition) is 2. The molecule has 0 fully saturated rings. The maximum Gasteiger partial charge on any atom is 0.308 e. The molecule has 0 aliphatic carbocycles. The number of benzene rings is 1. The van der Waals surface area contributed by atoms with Gasteiger partial charge >= 0.3 is 5.97 Å². The average molecular weight is 238 g/mol. The fourth-order valence-corrected chi connectivity index (χ4v) is 1.63. The first-order valence-corrected chi connectivity index (χ1v) is 5.63. The minimum absolute atomic E-state index is 0.205. The lowest BCUT2D eigenvalue weighted by Crippen LogP contribution is -2.23. The van der Waals surface area contributed by atoms with E-state index in [4.69, 9.17) is 4.74 Å². The number of aryl methyl sites for hydroxylation is 1. The Balaban J connectivity index is 2.67. The smallest absolute Gasteiger partial charge is 0.308 e. The molecular formula is C13H18O4. The molecule has 0 aliphatic rings.